The average Bonchev–Trinajstić information content (AvgIpc) is 2.60. The van der Waals surface area contributed by atoms with Gasteiger partial charge < -0.3 is 10.1 Å². The van der Waals surface area contributed by atoms with Crippen molar-refractivity contribution in [2.45, 2.75) is 20.3 Å². The number of nitrogens with zero attached hydrogens (tertiary/aromatic N) is 1. The second-order valence-electron chi connectivity index (χ2n) is 5.67. The molecule has 2 rings (SSSR count). The Hall–Kier alpha value is -2.86. The number of hydrazone groups is 1. The molecule has 0 aliphatic carbocycles. The van der Waals surface area contributed by atoms with Gasteiger partial charge in [0.1, 0.15) is 5.75 Å². The molecule has 0 saturated heterocycles. The largest absolute Gasteiger partial charge is 0.495 e. The third-order valence-electron chi connectivity index (χ3n) is 3.59. The topological polar surface area (TPSA) is 79.8 Å². The summed E-state index contributed by atoms with van der Waals surface area (Å²) in [7, 11) is 1.51. The fraction of sp³-hybridized carbons (Fsp3) is 0.211. The molecule has 0 fully saturated rings. The van der Waals surface area contributed by atoms with Crippen LogP contribution in [-0.2, 0) is 4.79 Å². The molecule has 26 heavy (non-hydrogen) atoms. The monoisotopic (exact) mass is 373 g/mol. The van der Waals surface area contributed by atoms with E-state index in [1.807, 2.05) is 19.1 Å². The minimum Gasteiger partial charge on any atom is -0.495 e. The molecule has 0 aliphatic rings. The SMILES string of the molecule is COc1ccc(Cl)cc1NC(=O)CC(C)=NNC(=O)c1ccccc1C. The van der Waals surface area contributed by atoms with E-state index >= 15 is 0 Å². The predicted molar refractivity (Wildman–Crippen MR) is 103 cm³/mol. The smallest absolute Gasteiger partial charge is 0.271 e. The molecule has 0 saturated carbocycles. The van der Waals surface area contributed by atoms with Crippen LogP contribution in [-0.4, -0.2) is 24.6 Å². The minimum absolute atomic E-state index is 0.0176. The van der Waals surface area contributed by atoms with Gasteiger partial charge in [-0.15, -0.1) is 0 Å². The normalized spacial score (nSPS) is 11.0. The Labute approximate surface area is 157 Å². The molecule has 0 radical (unpaired) electrons. The highest BCUT2D eigenvalue weighted by atomic mass is 35.5. The Morgan fingerprint density at radius 2 is 1.92 bits per heavy atom. The highest BCUT2D eigenvalue weighted by Crippen LogP contribution is 2.27. The number of carbonyl (C=O) groups excluding carboxylic acids is 2. The summed E-state index contributed by atoms with van der Waals surface area (Å²) in [5.74, 6) is -0.110. The van der Waals surface area contributed by atoms with Crippen LogP contribution in [0.2, 0.25) is 5.02 Å². The van der Waals surface area contributed by atoms with Crippen LogP contribution in [0.15, 0.2) is 47.6 Å². The molecule has 0 bridgehead atoms. The zero-order chi connectivity index (χ0) is 19.1. The van der Waals surface area contributed by atoms with Crippen molar-refractivity contribution in [2.24, 2.45) is 5.10 Å². The number of amides is 2. The van der Waals surface area contributed by atoms with Gasteiger partial charge >= 0.3 is 0 Å². The molecule has 0 aromatic heterocycles. The van der Waals surface area contributed by atoms with Crippen LogP contribution < -0.4 is 15.5 Å². The van der Waals surface area contributed by atoms with Crippen molar-refractivity contribution in [2.75, 3.05) is 12.4 Å². The number of rotatable bonds is 6. The van der Waals surface area contributed by atoms with Crippen molar-refractivity contribution in [1.29, 1.82) is 0 Å². The molecular formula is C19H20ClN3O3. The average molecular weight is 374 g/mol. The van der Waals surface area contributed by atoms with Gasteiger partial charge in [0.05, 0.1) is 19.2 Å². The molecule has 0 heterocycles. The van der Waals surface area contributed by atoms with Crippen molar-refractivity contribution in [1.82, 2.24) is 5.43 Å². The van der Waals surface area contributed by atoms with Gasteiger partial charge in [-0.3, -0.25) is 9.59 Å². The van der Waals surface area contributed by atoms with E-state index in [4.69, 9.17) is 16.3 Å². The van der Waals surface area contributed by atoms with E-state index in [0.717, 1.165) is 5.56 Å². The minimum atomic E-state index is -0.320. The summed E-state index contributed by atoms with van der Waals surface area (Å²) in [5, 5.41) is 7.19. The molecule has 7 heteroatoms. The molecule has 0 aliphatic heterocycles. The second-order valence-corrected chi connectivity index (χ2v) is 6.11. The van der Waals surface area contributed by atoms with Crippen LogP contribution in [0.25, 0.3) is 0 Å². The van der Waals surface area contributed by atoms with Gasteiger partial charge in [0.15, 0.2) is 0 Å². The Kier molecular flexibility index (Phi) is 6.74. The van der Waals surface area contributed by atoms with E-state index in [-0.39, 0.29) is 18.2 Å². The summed E-state index contributed by atoms with van der Waals surface area (Å²) >= 11 is 5.94. The lowest BCUT2D eigenvalue weighted by Gasteiger charge is -2.10. The van der Waals surface area contributed by atoms with Crippen LogP contribution in [0, 0.1) is 6.92 Å². The predicted octanol–water partition coefficient (Wildman–Crippen LogP) is 3.79. The number of ether oxygens (including phenoxy) is 1. The van der Waals surface area contributed by atoms with Gasteiger partial charge in [-0.2, -0.15) is 5.10 Å². The van der Waals surface area contributed by atoms with Crippen LogP contribution in [0.5, 0.6) is 5.75 Å². The Balaban J connectivity index is 1.96. The standard InChI is InChI=1S/C19H20ClN3O3/c1-12-6-4-5-7-15(12)19(25)23-22-13(2)10-18(24)21-16-11-14(20)8-9-17(16)26-3/h4-9,11H,10H2,1-3H3,(H,21,24)(H,23,25). The lowest BCUT2D eigenvalue weighted by molar-refractivity contribution is -0.115. The number of methoxy groups -OCH3 is 1. The van der Waals surface area contributed by atoms with Crippen LogP contribution in [0.4, 0.5) is 5.69 Å². The van der Waals surface area contributed by atoms with Crippen LogP contribution in [0.3, 0.4) is 0 Å². The van der Waals surface area contributed by atoms with E-state index in [1.165, 1.54) is 7.11 Å². The first-order chi connectivity index (χ1) is 12.4. The molecule has 0 spiro atoms. The van der Waals surface area contributed by atoms with Crippen molar-refractivity contribution in [3.63, 3.8) is 0 Å². The maximum Gasteiger partial charge on any atom is 0.271 e. The quantitative estimate of drug-likeness (QED) is 0.597. The van der Waals surface area contributed by atoms with Crippen molar-refractivity contribution in [3.05, 3.63) is 58.6 Å². The number of aryl methyl sites for hydroxylation is 1. The molecule has 2 aromatic rings. The van der Waals surface area contributed by atoms with E-state index < -0.39 is 0 Å². The molecule has 0 atom stereocenters. The van der Waals surface area contributed by atoms with E-state index in [0.29, 0.717) is 27.7 Å². The second kappa shape index (κ2) is 9.01. The summed E-state index contributed by atoms with van der Waals surface area (Å²) < 4.78 is 5.18. The number of anilines is 1. The van der Waals surface area contributed by atoms with Gasteiger partial charge in [0, 0.05) is 16.3 Å². The van der Waals surface area contributed by atoms with Crippen molar-refractivity contribution >= 4 is 34.8 Å². The summed E-state index contributed by atoms with van der Waals surface area (Å²) in [4.78, 5) is 24.3. The number of halogens is 1. The number of hydrogen-bond donors (Lipinski definition) is 2. The zero-order valence-corrected chi connectivity index (χ0v) is 15.6. The van der Waals surface area contributed by atoms with E-state index in [2.05, 4.69) is 15.8 Å². The lowest BCUT2D eigenvalue weighted by Crippen LogP contribution is -2.22. The highest BCUT2D eigenvalue weighted by molar-refractivity contribution is 6.31. The molecule has 136 valence electrons. The Morgan fingerprint density at radius 1 is 1.19 bits per heavy atom. The molecular weight excluding hydrogens is 354 g/mol. The first-order valence-electron chi connectivity index (χ1n) is 7.93. The van der Waals surface area contributed by atoms with Gasteiger partial charge in [0.2, 0.25) is 5.91 Å². The maximum atomic E-state index is 12.2. The fourth-order valence-corrected chi connectivity index (χ4v) is 2.45. The summed E-state index contributed by atoms with van der Waals surface area (Å²) in [6.07, 6.45) is 0.0176. The molecule has 2 amide bonds. The zero-order valence-electron chi connectivity index (χ0n) is 14.8. The fourth-order valence-electron chi connectivity index (χ4n) is 2.28. The first-order valence-corrected chi connectivity index (χ1v) is 8.31. The Morgan fingerprint density at radius 3 is 2.62 bits per heavy atom. The third kappa shape index (κ3) is 5.32. The molecule has 6 nitrogen and oxygen atoms in total. The van der Waals surface area contributed by atoms with Gasteiger partial charge in [0.25, 0.3) is 5.91 Å². The Bertz CT molecular complexity index is 850. The van der Waals surface area contributed by atoms with Gasteiger partial charge in [-0.05, 0) is 43.7 Å². The highest BCUT2D eigenvalue weighted by Gasteiger charge is 2.11. The summed E-state index contributed by atoms with van der Waals surface area (Å²) in [6, 6.07) is 12.1. The number of carbonyl (C=O) groups is 2. The van der Waals surface area contributed by atoms with Crippen LogP contribution >= 0.6 is 11.6 Å². The van der Waals surface area contributed by atoms with E-state index in [9.17, 15) is 9.59 Å². The maximum absolute atomic E-state index is 12.2. The lowest BCUT2D eigenvalue weighted by atomic mass is 10.1. The van der Waals surface area contributed by atoms with Gasteiger partial charge in [-0.25, -0.2) is 5.43 Å². The first kappa shape index (κ1) is 19.5. The molecule has 2 aromatic carbocycles. The third-order valence-corrected chi connectivity index (χ3v) is 3.83. The van der Waals surface area contributed by atoms with E-state index in [1.54, 1.807) is 37.3 Å². The van der Waals surface area contributed by atoms with Gasteiger partial charge in [-0.1, -0.05) is 29.8 Å². The van der Waals surface area contributed by atoms with Crippen molar-refractivity contribution < 1.29 is 14.3 Å². The number of hydrogen-bond acceptors (Lipinski definition) is 4. The molecule has 0 unspecified atom stereocenters. The number of benzene rings is 2. The van der Waals surface area contributed by atoms with Crippen molar-refractivity contribution in [3.8, 4) is 5.75 Å². The molecule has 2 N–H and O–H groups in total. The van der Waals surface area contributed by atoms with Crippen LogP contribution in [0.1, 0.15) is 29.3 Å². The summed E-state index contributed by atoms with van der Waals surface area (Å²) in [6.45, 7) is 3.50. The number of nitrogens with one attached hydrogen (secondary N) is 2. The summed E-state index contributed by atoms with van der Waals surface area (Å²) in [5.41, 5.74) is 4.79.